The number of benzene rings is 3. The summed E-state index contributed by atoms with van der Waals surface area (Å²) in [6, 6.07) is 22.6. The summed E-state index contributed by atoms with van der Waals surface area (Å²) in [6.07, 6.45) is 2.48. The Balaban J connectivity index is 1.19. The largest absolute Gasteiger partial charge is 0.496 e. The normalized spacial score (nSPS) is 24.7. The third-order valence-electron chi connectivity index (χ3n) is 8.17. The van der Waals surface area contributed by atoms with Crippen LogP contribution in [0, 0.1) is 6.92 Å². The Labute approximate surface area is 206 Å². The Morgan fingerprint density at radius 2 is 1.57 bits per heavy atom. The number of hydrogen-bond acceptors (Lipinski definition) is 4. The summed E-state index contributed by atoms with van der Waals surface area (Å²) in [4.78, 5) is 15.2. The average Bonchev–Trinajstić information content (AvgIpc) is 3.34. The van der Waals surface area contributed by atoms with Crippen molar-refractivity contribution in [3.05, 3.63) is 89.0 Å². The maximum Gasteiger partial charge on any atom is 0.410 e. The minimum Gasteiger partial charge on any atom is -0.496 e. The lowest BCUT2D eigenvalue weighted by atomic mass is 9.80. The highest BCUT2D eigenvalue weighted by Crippen LogP contribution is 2.49. The number of carbonyl (C=O) groups is 1. The molecule has 1 N–H and O–H groups in total. The van der Waals surface area contributed by atoms with E-state index in [0.29, 0.717) is 25.2 Å². The molecule has 2 heterocycles. The zero-order valence-electron chi connectivity index (χ0n) is 20.2. The lowest BCUT2D eigenvalue weighted by molar-refractivity contribution is -0.0542. The highest BCUT2D eigenvalue weighted by molar-refractivity contribution is 5.79. The molecule has 0 aromatic heterocycles. The molecule has 2 atom stereocenters. The van der Waals surface area contributed by atoms with Gasteiger partial charge in [-0.15, -0.1) is 0 Å². The first-order chi connectivity index (χ1) is 17.0. The van der Waals surface area contributed by atoms with Gasteiger partial charge in [0.15, 0.2) is 0 Å². The van der Waals surface area contributed by atoms with Gasteiger partial charge < -0.3 is 19.5 Å². The van der Waals surface area contributed by atoms with E-state index in [1.54, 1.807) is 7.11 Å². The van der Waals surface area contributed by atoms with Crippen LogP contribution < -0.4 is 4.74 Å². The number of nitrogens with zero attached hydrogens (tertiary/aromatic N) is 1. The van der Waals surface area contributed by atoms with Gasteiger partial charge in [0.05, 0.1) is 12.7 Å². The maximum atomic E-state index is 13.4. The minimum atomic E-state index is -1.01. The first kappa shape index (κ1) is 22.2. The van der Waals surface area contributed by atoms with Crippen molar-refractivity contribution in [1.82, 2.24) is 4.90 Å². The maximum absolute atomic E-state index is 13.4. The second-order valence-corrected chi connectivity index (χ2v) is 10.2. The summed E-state index contributed by atoms with van der Waals surface area (Å²) in [5.41, 5.74) is 5.76. The van der Waals surface area contributed by atoms with Crippen LogP contribution in [0.4, 0.5) is 4.79 Å². The van der Waals surface area contributed by atoms with Gasteiger partial charge in [0, 0.05) is 36.4 Å². The molecule has 2 fully saturated rings. The van der Waals surface area contributed by atoms with E-state index in [9.17, 15) is 9.90 Å². The van der Waals surface area contributed by atoms with Gasteiger partial charge in [-0.25, -0.2) is 4.79 Å². The molecule has 0 radical (unpaired) electrons. The monoisotopic (exact) mass is 469 g/mol. The van der Waals surface area contributed by atoms with E-state index >= 15 is 0 Å². The molecule has 1 amide bonds. The second kappa shape index (κ2) is 8.42. The molecule has 2 saturated heterocycles. The van der Waals surface area contributed by atoms with Crippen molar-refractivity contribution in [1.29, 1.82) is 0 Å². The standard InChI is InChI=1S/C30H31NO4/c1-19-11-14-27(28(15-19)34-2)30(33)16-20-12-13-21(17-30)31(20)29(32)35-18-26-24-9-5-3-7-22(24)23-8-4-6-10-25(23)26/h3-11,14-15,20-21,26,33H,12-13,16-18H2,1-2H3. The van der Waals surface area contributed by atoms with Gasteiger partial charge in [0.2, 0.25) is 0 Å². The number of carbonyl (C=O) groups excluding carboxylic acids is 1. The van der Waals surface area contributed by atoms with E-state index < -0.39 is 5.60 Å². The van der Waals surface area contributed by atoms with Crippen molar-refractivity contribution in [2.24, 2.45) is 0 Å². The van der Waals surface area contributed by atoms with Crippen LogP contribution in [0.15, 0.2) is 66.7 Å². The Morgan fingerprint density at radius 1 is 0.971 bits per heavy atom. The summed E-state index contributed by atoms with van der Waals surface area (Å²) >= 11 is 0. The predicted molar refractivity (Wildman–Crippen MR) is 135 cm³/mol. The Hall–Kier alpha value is -3.31. The molecule has 180 valence electrons. The average molecular weight is 470 g/mol. The number of amides is 1. The second-order valence-electron chi connectivity index (χ2n) is 10.2. The molecule has 0 spiro atoms. The van der Waals surface area contributed by atoms with Crippen molar-refractivity contribution in [2.45, 2.75) is 56.2 Å². The number of aryl methyl sites for hydroxylation is 1. The molecule has 2 aliphatic heterocycles. The highest BCUT2D eigenvalue weighted by atomic mass is 16.6. The van der Waals surface area contributed by atoms with Crippen LogP contribution in [0.1, 0.15) is 53.9 Å². The van der Waals surface area contributed by atoms with Crippen molar-refractivity contribution in [2.75, 3.05) is 13.7 Å². The van der Waals surface area contributed by atoms with Crippen molar-refractivity contribution >= 4 is 6.09 Å². The van der Waals surface area contributed by atoms with Crippen molar-refractivity contribution < 1.29 is 19.4 Å². The van der Waals surface area contributed by atoms with Crippen LogP contribution in [0.25, 0.3) is 11.1 Å². The van der Waals surface area contributed by atoms with E-state index in [0.717, 1.165) is 24.0 Å². The van der Waals surface area contributed by atoms with Crippen LogP contribution in [-0.4, -0.2) is 41.9 Å². The highest BCUT2D eigenvalue weighted by Gasteiger charge is 2.51. The molecule has 35 heavy (non-hydrogen) atoms. The number of ether oxygens (including phenoxy) is 2. The fourth-order valence-electron chi connectivity index (χ4n) is 6.59. The number of methoxy groups -OCH3 is 1. The first-order valence-corrected chi connectivity index (χ1v) is 12.5. The molecule has 3 aromatic carbocycles. The van der Waals surface area contributed by atoms with Gasteiger partial charge in [0.1, 0.15) is 12.4 Å². The number of fused-ring (bicyclic) bond motifs is 5. The molecule has 3 aromatic rings. The molecular formula is C30H31NO4. The lowest BCUT2D eigenvalue weighted by Gasteiger charge is -2.43. The predicted octanol–water partition coefficient (Wildman–Crippen LogP) is 5.77. The zero-order chi connectivity index (χ0) is 24.2. The molecule has 5 nitrogen and oxygen atoms in total. The van der Waals surface area contributed by atoms with Crippen LogP contribution in [-0.2, 0) is 10.3 Å². The smallest absolute Gasteiger partial charge is 0.410 e. The number of rotatable bonds is 4. The van der Waals surface area contributed by atoms with Gasteiger partial charge in [-0.3, -0.25) is 0 Å². The number of aliphatic hydroxyl groups is 1. The minimum absolute atomic E-state index is 0.0413. The van der Waals surface area contributed by atoms with Gasteiger partial charge in [-0.2, -0.15) is 0 Å². The molecular weight excluding hydrogens is 438 g/mol. The molecule has 3 aliphatic rings. The summed E-state index contributed by atoms with van der Waals surface area (Å²) in [5.74, 6) is 0.754. The number of hydrogen-bond donors (Lipinski definition) is 1. The third kappa shape index (κ3) is 3.61. The molecule has 5 heteroatoms. The lowest BCUT2D eigenvalue weighted by Crippen LogP contribution is -2.52. The summed E-state index contributed by atoms with van der Waals surface area (Å²) < 4.78 is 11.6. The Kier molecular flexibility index (Phi) is 5.33. The van der Waals surface area contributed by atoms with Crippen molar-refractivity contribution in [3.8, 4) is 16.9 Å². The van der Waals surface area contributed by atoms with Crippen LogP contribution in [0.3, 0.4) is 0 Å². The zero-order valence-corrected chi connectivity index (χ0v) is 20.2. The van der Waals surface area contributed by atoms with Gasteiger partial charge in [-0.1, -0.05) is 60.7 Å². The van der Waals surface area contributed by atoms with E-state index in [2.05, 4.69) is 36.4 Å². The van der Waals surface area contributed by atoms with Gasteiger partial charge >= 0.3 is 6.09 Å². The first-order valence-electron chi connectivity index (χ1n) is 12.5. The van der Waals surface area contributed by atoms with Crippen LogP contribution in [0.2, 0.25) is 0 Å². The Bertz CT molecular complexity index is 1230. The SMILES string of the molecule is COc1cc(C)ccc1C1(O)CC2CCC(C1)N2C(=O)OCC1c2ccccc2-c2ccccc21. The molecule has 6 rings (SSSR count). The topological polar surface area (TPSA) is 59.0 Å². The molecule has 0 saturated carbocycles. The van der Waals surface area contributed by atoms with Crippen LogP contribution >= 0.6 is 0 Å². The van der Waals surface area contributed by atoms with Gasteiger partial charge in [0.25, 0.3) is 0 Å². The third-order valence-corrected chi connectivity index (χ3v) is 8.17. The van der Waals surface area contributed by atoms with Crippen molar-refractivity contribution in [3.63, 3.8) is 0 Å². The fraction of sp³-hybridized carbons (Fsp3) is 0.367. The Morgan fingerprint density at radius 3 is 2.17 bits per heavy atom. The van der Waals surface area contributed by atoms with Crippen LogP contribution in [0.5, 0.6) is 5.75 Å². The number of piperidine rings is 1. The van der Waals surface area contributed by atoms with E-state index in [1.807, 2.05) is 42.2 Å². The van der Waals surface area contributed by atoms with E-state index in [4.69, 9.17) is 9.47 Å². The summed E-state index contributed by atoms with van der Waals surface area (Å²) in [7, 11) is 1.64. The molecule has 2 bridgehead atoms. The summed E-state index contributed by atoms with van der Waals surface area (Å²) in [6.45, 7) is 2.33. The van der Waals surface area contributed by atoms with Gasteiger partial charge in [-0.05, 0) is 53.6 Å². The fourth-order valence-corrected chi connectivity index (χ4v) is 6.59. The molecule has 2 unspecified atom stereocenters. The van der Waals surface area contributed by atoms with E-state index in [1.165, 1.54) is 22.3 Å². The summed E-state index contributed by atoms with van der Waals surface area (Å²) in [5, 5.41) is 11.7. The van der Waals surface area contributed by atoms with E-state index in [-0.39, 0.29) is 24.1 Å². The molecule has 1 aliphatic carbocycles. The quantitative estimate of drug-likeness (QED) is 0.527.